The molecule has 1 aliphatic rings. The van der Waals surface area contributed by atoms with E-state index in [0.717, 1.165) is 11.1 Å². The molecule has 2 aromatic carbocycles. The van der Waals surface area contributed by atoms with Gasteiger partial charge in [0.1, 0.15) is 17.1 Å². The largest absolute Gasteiger partial charge is 0.495 e. The number of halogens is 3. The van der Waals surface area contributed by atoms with Crippen LogP contribution >= 0.6 is 0 Å². The van der Waals surface area contributed by atoms with Crippen LogP contribution in [-0.2, 0) is 17.4 Å². The highest BCUT2D eigenvalue weighted by Crippen LogP contribution is 2.38. The average molecular weight is 515 g/mol. The number of nitrogens with one attached hydrogen (secondary N) is 4. The van der Waals surface area contributed by atoms with Gasteiger partial charge in [-0.25, -0.2) is 4.98 Å². The summed E-state index contributed by atoms with van der Waals surface area (Å²) in [7, 11) is 2.89. The van der Waals surface area contributed by atoms with Gasteiger partial charge < -0.3 is 26.0 Å². The minimum atomic E-state index is -4.72. The topological polar surface area (TPSA) is 117 Å². The van der Waals surface area contributed by atoms with Crippen molar-refractivity contribution in [3.8, 4) is 5.75 Å². The fraction of sp³-hybridized carbons (Fsp3) is 0.280. The first kappa shape index (κ1) is 25.7. The number of hydrogen-bond donors (Lipinski definition) is 4. The third kappa shape index (κ3) is 5.57. The standard InChI is InChI=1S/C25H25F3N6O3/c1-13(35)31-21-16-7-5-4-6-14(16)10-19(21)32-22-17(25(26,27)28)12-30-24(34-22)33-18-9-8-15(23(36)29-2)11-20(18)37-3/h4-9,11-12,19,21H,10H2,1-3H3,(H,29,36)(H,31,35)(H2,30,32,33,34)/t19-,21-/m1/s1. The van der Waals surface area contributed by atoms with Crippen molar-refractivity contribution in [2.75, 3.05) is 24.8 Å². The fourth-order valence-electron chi connectivity index (χ4n) is 4.26. The highest BCUT2D eigenvalue weighted by molar-refractivity contribution is 5.95. The van der Waals surface area contributed by atoms with Crippen LogP contribution in [0.3, 0.4) is 0 Å². The molecule has 4 rings (SSSR count). The van der Waals surface area contributed by atoms with E-state index in [1.165, 1.54) is 39.3 Å². The number of carbonyl (C=O) groups excluding carboxylic acids is 2. The van der Waals surface area contributed by atoms with Crippen LogP contribution in [0.2, 0.25) is 0 Å². The van der Waals surface area contributed by atoms with E-state index in [0.29, 0.717) is 23.9 Å². The lowest BCUT2D eigenvalue weighted by Crippen LogP contribution is -2.37. The van der Waals surface area contributed by atoms with Gasteiger partial charge in [-0.1, -0.05) is 24.3 Å². The average Bonchev–Trinajstić information content (AvgIpc) is 3.19. The quantitative estimate of drug-likeness (QED) is 0.379. The Labute approximate surface area is 210 Å². The van der Waals surface area contributed by atoms with Crippen molar-refractivity contribution in [3.05, 3.63) is 70.9 Å². The monoisotopic (exact) mass is 514 g/mol. The number of fused-ring (bicyclic) bond motifs is 1. The molecule has 4 N–H and O–H groups in total. The molecule has 9 nitrogen and oxygen atoms in total. The zero-order valence-electron chi connectivity index (χ0n) is 20.2. The van der Waals surface area contributed by atoms with Gasteiger partial charge in [0, 0.05) is 25.7 Å². The summed E-state index contributed by atoms with van der Waals surface area (Å²) >= 11 is 0. The molecule has 0 saturated carbocycles. The predicted molar refractivity (Wildman–Crippen MR) is 131 cm³/mol. The molecule has 0 aliphatic heterocycles. The number of hydrogen-bond acceptors (Lipinski definition) is 7. The van der Waals surface area contributed by atoms with Crippen LogP contribution in [0.5, 0.6) is 5.75 Å². The number of alkyl halides is 3. The summed E-state index contributed by atoms with van der Waals surface area (Å²) in [6.45, 7) is 1.36. The zero-order chi connectivity index (χ0) is 26.7. The molecule has 0 bridgehead atoms. The van der Waals surface area contributed by atoms with E-state index in [-0.39, 0.29) is 23.5 Å². The lowest BCUT2D eigenvalue weighted by atomic mass is 10.1. The number of aromatic nitrogens is 2. The van der Waals surface area contributed by atoms with Gasteiger partial charge in [0.2, 0.25) is 11.9 Å². The Morgan fingerprint density at radius 3 is 2.57 bits per heavy atom. The summed E-state index contributed by atoms with van der Waals surface area (Å²) in [5.74, 6) is -0.904. The van der Waals surface area contributed by atoms with Gasteiger partial charge in [-0.05, 0) is 35.7 Å². The second kappa shape index (κ2) is 10.3. The molecule has 1 aliphatic carbocycles. The van der Waals surface area contributed by atoms with Crippen molar-refractivity contribution in [1.29, 1.82) is 0 Å². The van der Waals surface area contributed by atoms with Crippen molar-refractivity contribution in [3.63, 3.8) is 0 Å². The molecule has 0 spiro atoms. The van der Waals surface area contributed by atoms with E-state index in [2.05, 4.69) is 31.2 Å². The maximum atomic E-state index is 13.9. The van der Waals surface area contributed by atoms with Gasteiger partial charge in [0.05, 0.1) is 24.9 Å². The molecule has 2 amide bonds. The van der Waals surface area contributed by atoms with E-state index in [4.69, 9.17) is 4.74 Å². The normalized spacial score (nSPS) is 16.5. The highest BCUT2D eigenvalue weighted by Gasteiger charge is 2.38. The van der Waals surface area contributed by atoms with Gasteiger partial charge in [-0.2, -0.15) is 18.2 Å². The van der Waals surface area contributed by atoms with E-state index in [9.17, 15) is 22.8 Å². The van der Waals surface area contributed by atoms with Crippen LogP contribution in [0.4, 0.5) is 30.6 Å². The molecule has 194 valence electrons. The van der Waals surface area contributed by atoms with Crippen molar-refractivity contribution in [2.45, 2.75) is 31.6 Å². The number of amides is 2. The number of methoxy groups -OCH3 is 1. The summed E-state index contributed by atoms with van der Waals surface area (Å²) in [4.78, 5) is 31.7. The number of rotatable bonds is 7. The van der Waals surface area contributed by atoms with Crippen LogP contribution in [0, 0.1) is 0 Å². The number of carbonyl (C=O) groups is 2. The maximum absolute atomic E-state index is 13.9. The van der Waals surface area contributed by atoms with Crippen molar-refractivity contribution < 1.29 is 27.5 Å². The van der Waals surface area contributed by atoms with Crippen molar-refractivity contribution >= 4 is 29.3 Å². The summed E-state index contributed by atoms with van der Waals surface area (Å²) in [6.07, 6.45) is -3.64. The number of ether oxygens (including phenoxy) is 1. The third-order valence-corrected chi connectivity index (χ3v) is 5.94. The summed E-state index contributed by atoms with van der Waals surface area (Å²) in [5.41, 5.74) is 1.39. The Kier molecular flexibility index (Phi) is 7.18. The molecule has 0 unspecified atom stereocenters. The van der Waals surface area contributed by atoms with Crippen LogP contribution in [0.1, 0.15) is 40.0 Å². The third-order valence-electron chi connectivity index (χ3n) is 5.94. The SMILES string of the molecule is CNC(=O)c1ccc(Nc2ncc(C(F)(F)F)c(N[C@@H]3Cc4ccccc4[C@H]3NC(C)=O)n2)c(OC)c1. The molecule has 0 fully saturated rings. The maximum Gasteiger partial charge on any atom is 0.421 e. The summed E-state index contributed by atoms with van der Waals surface area (Å²) in [6, 6.07) is 10.8. The lowest BCUT2D eigenvalue weighted by Gasteiger charge is -2.24. The Hall–Kier alpha value is -4.35. The Bertz CT molecular complexity index is 1330. The minimum absolute atomic E-state index is 0.118. The highest BCUT2D eigenvalue weighted by atomic mass is 19.4. The first-order chi connectivity index (χ1) is 17.6. The van der Waals surface area contributed by atoms with Gasteiger partial charge in [0.15, 0.2) is 0 Å². The second-order valence-electron chi connectivity index (χ2n) is 8.40. The Morgan fingerprint density at radius 1 is 1.14 bits per heavy atom. The molecule has 1 heterocycles. The summed E-state index contributed by atoms with van der Waals surface area (Å²) < 4.78 is 46.9. The van der Waals surface area contributed by atoms with Gasteiger partial charge in [-0.3, -0.25) is 9.59 Å². The van der Waals surface area contributed by atoms with Gasteiger partial charge in [-0.15, -0.1) is 0 Å². The molecule has 12 heteroatoms. The zero-order valence-corrected chi connectivity index (χ0v) is 20.2. The lowest BCUT2D eigenvalue weighted by molar-refractivity contribution is -0.137. The van der Waals surface area contributed by atoms with E-state index in [1.54, 1.807) is 0 Å². The summed E-state index contributed by atoms with van der Waals surface area (Å²) in [5, 5.41) is 11.1. The van der Waals surface area contributed by atoms with Crippen LogP contribution in [0.15, 0.2) is 48.7 Å². The smallest absolute Gasteiger partial charge is 0.421 e. The second-order valence-corrected chi connectivity index (χ2v) is 8.40. The van der Waals surface area contributed by atoms with E-state index in [1.807, 2.05) is 24.3 Å². The van der Waals surface area contributed by atoms with E-state index >= 15 is 0 Å². The molecule has 0 saturated heterocycles. The van der Waals surface area contributed by atoms with Crippen molar-refractivity contribution in [1.82, 2.24) is 20.6 Å². The Morgan fingerprint density at radius 2 is 1.89 bits per heavy atom. The first-order valence-electron chi connectivity index (χ1n) is 11.3. The molecule has 2 atom stereocenters. The molecular formula is C25H25F3N6O3. The number of nitrogens with zero attached hydrogens (tertiary/aromatic N) is 2. The predicted octanol–water partition coefficient (Wildman–Crippen LogP) is 3.82. The van der Waals surface area contributed by atoms with Crippen molar-refractivity contribution in [2.24, 2.45) is 0 Å². The minimum Gasteiger partial charge on any atom is -0.495 e. The van der Waals surface area contributed by atoms with Crippen LogP contribution in [0.25, 0.3) is 0 Å². The molecule has 0 radical (unpaired) electrons. The number of benzene rings is 2. The fourth-order valence-corrected chi connectivity index (χ4v) is 4.26. The number of anilines is 3. The van der Waals surface area contributed by atoms with E-state index < -0.39 is 29.6 Å². The first-order valence-corrected chi connectivity index (χ1v) is 11.3. The van der Waals surface area contributed by atoms with Gasteiger partial charge >= 0.3 is 6.18 Å². The molecule has 37 heavy (non-hydrogen) atoms. The molecular weight excluding hydrogens is 489 g/mol. The van der Waals surface area contributed by atoms with Crippen LogP contribution in [-0.4, -0.2) is 42.0 Å². The molecule has 1 aromatic heterocycles. The van der Waals surface area contributed by atoms with Gasteiger partial charge in [0.25, 0.3) is 5.91 Å². The molecule has 3 aromatic rings. The van der Waals surface area contributed by atoms with Crippen LogP contribution < -0.4 is 26.0 Å². The Balaban J connectivity index is 1.67.